The van der Waals surface area contributed by atoms with Gasteiger partial charge >= 0.3 is 5.97 Å². The van der Waals surface area contributed by atoms with Crippen LogP contribution in [0, 0.1) is 5.92 Å². The van der Waals surface area contributed by atoms with E-state index in [-0.39, 0.29) is 18.4 Å². The van der Waals surface area contributed by atoms with E-state index in [0.717, 1.165) is 5.56 Å². The molecule has 0 bridgehead atoms. The molecule has 0 saturated carbocycles. The van der Waals surface area contributed by atoms with Gasteiger partial charge < -0.3 is 20.5 Å². The van der Waals surface area contributed by atoms with E-state index in [1.807, 2.05) is 49.1 Å². The Balaban J connectivity index is 2.01. The van der Waals surface area contributed by atoms with Crippen LogP contribution in [0.1, 0.15) is 32.3 Å². The molecule has 1 aliphatic rings. The molecule has 0 aliphatic carbocycles. The lowest BCUT2D eigenvalue weighted by Crippen LogP contribution is -2.54. The number of nitrogens with zero attached hydrogens (tertiary/aromatic N) is 1. The normalized spacial score (nSPS) is 16.6. The van der Waals surface area contributed by atoms with Gasteiger partial charge in [-0.15, -0.1) is 0 Å². The zero-order valence-electron chi connectivity index (χ0n) is 17.8. The van der Waals surface area contributed by atoms with Crippen molar-refractivity contribution in [3.8, 4) is 0 Å². The van der Waals surface area contributed by atoms with Crippen LogP contribution in [0.2, 0.25) is 0 Å². The van der Waals surface area contributed by atoms with Crippen molar-refractivity contribution in [2.45, 2.75) is 45.2 Å². The van der Waals surface area contributed by atoms with Gasteiger partial charge in [-0.05, 0) is 30.7 Å². The minimum atomic E-state index is -1.07. The Labute approximate surface area is 178 Å². The summed E-state index contributed by atoms with van der Waals surface area (Å²) in [5, 5.41) is 14.9. The quantitative estimate of drug-likeness (QED) is 0.495. The number of rotatable bonds is 11. The summed E-state index contributed by atoms with van der Waals surface area (Å²) < 4.78 is 5.29. The summed E-state index contributed by atoms with van der Waals surface area (Å²) in [5.41, 5.74) is 1.05. The van der Waals surface area contributed by atoms with Gasteiger partial charge in [0.05, 0.1) is 19.8 Å². The lowest BCUT2D eigenvalue weighted by atomic mass is 10.0. The van der Waals surface area contributed by atoms with Crippen LogP contribution < -0.4 is 10.6 Å². The van der Waals surface area contributed by atoms with E-state index in [2.05, 4.69) is 10.6 Å². The molecule has 1 saturated heterocycles. The highest BCUT2D eigenvalue weighted by molar-refractivity contribution is 5.90. The smallest absolute Gasteiger partial charge is 0.326 e. The van der Waals surface area contributed by atoms with E-state index in [1.165, 1.54) is 0 Å². The Morgan fingerprint density at radius 3 is 2.33 bits per heavy atom. The molecule has 2 amide bonds. The van der Waals surface area contributed by atoms with Crippen LogP contribution in [0.3, 0.4) is 0 Å². The number of amides is 2. The maximum Gasteiger partial charge on any atom is 0.326 e. The molecule has 1 aliphatic heterocycles. The predicted molar refractivity (Wildman–Crippen MR) is 113 cm³/mol. The number of carbonyl (C=O) groups is 3. The van der Waals surface area contributed by atoms with E-state index in [4.69, 9.17) is 4.74 Å². The molecule has 3 N–H and O–H groups in total. The SMILES string of the molecule is CC(C)CC(NC(=O)C(CCc1ccccc1)NC(=O)CN1CCOCC1)C(=O)O. The van der Waals surface area contributed by atoms with Crippen LogP contribution in [0.25, 0.3) is 0 Å². The number of hydrogen-bond donors (Lipinski definition) is 3. The third-order valence-electron chi connectivity index (χ3n) is 5.01. The monoisotopic (exact) mass is 419 g/mol. The van der Waals surface area contributed by atoms with Crippen molar-refractivity contribution in [2.24, 2.45) is 5.92 Å². The fourth-order valence-corrected chi connectivity index (χ4v) is 3.39. The number of benzene rings is 1. The number of carboxylic acids is 1. The lowest BCUT2D eigenvalue weighted by Gasteiger charge is -2.27. The number of carboxylic acid groups (broad SMARTS) is 1. The number of carbonyl (C=O) groups excluding carboxylic acids is 2. The molecule has 0 spiro atoms. The number of hydrogen-bond acceptors (Lipinski definition) is 5. The number of ether oxygens (including phenoxy) is 1. The Kier molecular flexibility index (Phi) is 9.76. The molecule has 166 valence electrons. The Bertz CT molecular complexity index is 689. The third kappa shape index (κ3) is 8.51. The van der Waals surface area contributed by atoms with Crippen molar-refractivity contribution in [1.82, 2.24) is 15.5 Å². The standard InChI is InChI=1S/C22H33N3O5/c1-16(2)14-19(22(28)29)24-21(27)18(9-8-17-6-4-3-5-7-17)23-20(26)15-25-10-12-30-13-11-25/h3-7,16,18-19H,8-15H2,1-2H3,(H,23,26)(H,24,27)(H,28,29). The van der Waals surface area contributed by atoms with Gasteiger partial charge in [-0.2, -0.15) is 0 Å². The molecule has 1 heterocycles. The Hall–Kier alpha value is -2.45. The first-order valence-corrected chi connectivity index (χ1v) is 10.5. The highest BCUT2D eigenvalue weighted by Crippen LogP contribution is 2.09. The van der Waals surface area contributed by atoms with E-state index < -0.39 is 24.0 Å². The average Bonchev–Trinajstić information content (AvgIpc) is 2.71. The van der Waals surface area contributed by atoms with Gasteiger partial charge in [0.1, 0.15) is 12.1 Å². The van der Waals surface area contributed by atoms with Crippen molar-refractivity contribution in [1.29, 1.82) is 0 Å². The number of morpholine rings is 1. The zero-order valence-corrected chi connectivity index (χ0v) is 17.8. The second kappa shape index (κ2) is 12.3. The number of aliphatic carboxylic acids is 1. The molecule has 8 heteroatoms. The number of nitrogens with one attached hydrogen (secondary N) is 2. The first-order valence-electron chi connectivity index (χ1n) is 10.5. The van der Waals surface area contributed by atoms with Crippen LogP contribution in [0.5, 0.6) is 0 Å². The van der Waals surface area contributed by atoms with Gasteiger partial charge in [0.15, 0.2) is 0 Å². The first kappa shape index (κ1) is 23.8. The molecule has 1 fully saturated rings. The highest BCUT2D eigenvalue weighted by atomic mass is 16.5. The fourth-order valence-electron chi connectivity index (χ4n) is 3.39. The molecular weight excluding hydrogens is 386 g/mol. The first-order chi connectivity index (χ1) is 14.3. The second-order valence-electron chi connectivity index (χ2n) is 8.06. The molecule has 1 aromatic rings. The van der Waals surface area contributed by atoms with Crippen molar-refractivity contribution in [3.63, 3.8) is 0 Å². The number of aryl methyl sites for hydroxylation is 1. The van der Waals surface area contributed by atoms with Crippen LogP contribution in [0.4, 0.5) is 0 Å². The molecular formula is C22H33N3O5. The summed E-state index contributed by atoms with van der Waals surface area (Å²) in [6.45, 7) is 6.50. The van der Waals surface area contributed by atoms with Gasteiger partial charge in [-0.1, -0.05) is 44.2 Å². The van der Waals surface area contributed by atoms with E-state index >= 15 is 0 Å². The minimum Gasteiger partial charge on any atom is -0.480 e. The molecule has 2 unspecified atom stereocenters. The van der Waals surface area contributed by atoms with Crippen molar-refractivity contribution < 1.29 is 24.2 Å². The second-order valence-corrected chi connectivity index (χ2v) is 8.06. The topological polar surface area (TPSA) is 108 Å². The molecule has 8 nitrogen and oxygen atoms in total. The molecule has 2 rings (SSSR count). The molecule has 0 radical (unpaired) electrons. The van der Waals surface area contributed by atoms with Gasteiger partial charge in [0.2, 0.25) is 11.8 Å². The minimum absolute atomic E-state index is 0.116. The van der Waals surface area contributed by atoms with Gasteiger partial charge in [-0.25, -0.2) is 4.79 Å². The van der Waals surface area contributed by atoms with E-state index in [0.29, 0.717) is 45.6 Å². The largest absolute Gasteiger partial charge is 0.480 e. The third-order valence-corrected chi connectivity index (χ3v) is 5.01. The Morgan fingerprint density at radius 2 is 1.73 bits per heavy atom. The maximum atomic E-state index is 12.9. The van der Waals surface area contributed by atoms with Crippen molar-refractivity contribution in [2.75, 3.05) is 32.8 Å². The van der Waals surface area contributed by atoms with Crippen LogP contribution in [-0.4, -0.2) is 72.7 Å². The fraction of sp³-hybridized carbons (Fsp3) is 0.591. The van der Waals surface area contributed by atoms with Crippen LogP contribution >= 0.6 is 0 Å². The molecule has 2 atom stereocenters. The van der Waals surface area contributed by atoms with Gasteiger partial charge in [0.25, 0.3) is 0 Å². The van der Waals surface area contributed by atoms with E-state index in [1.54, 1.807) is 0 Å². The lowest BCUT2D eigenvalue weighted by molar-refractivity contribution is -0.142. The Morgan fingerprint density at radius 1 is 1.07 bits per heavy atom. The summed E-state index contributed by atoms with van der Waals surface area (Å²) in [5.74, 6) is -1.67. The average molecular weight is 420 g/mol. The highest BCUT2D eigenvalue weighted by Gasteiger charge is 2.27. The van der Waals surface area contributed by atoms with Crippen LogP contribution in [-0.2, 0) is 25.5 Å². The van der Waals surface area contributed by atoms with Crippen LogP contribution in [0.15, 0.2) is 30.3 Å². The summed E-state index contributed by atoms with van der Waals surface area (Å²) in [6.07, 6.45) is 1.31. The van der Waals surface area contributed by atoms with Crippen molar-refractivity contribution in [3.05, 3.63) is 35.9 Å². The maximum absolute atomic E-state index is 12.9. The van der Waals surface area contributed by atoms with E-state index in [9.17, 15) is 19.5 Å². The van der Waals surface area contributed by atoms with Gasteiger partial charge in [-0.3, -0.25) is 14.5 Å². The molecule has 0 aromatic heterocycles. The molecule has 30 heavy (non-hydrogen) atoms. The summed E-state index contributed by atoms with van der Waals surface area (Å²) in [4.78, 5) is 38.9. The molecule has 1 aromatic carbocycles. The zero-order chi connectivity index (χ0) is 21.9. The predicted octanol–water partition coefficient (Wildman–Crippen LogP) is 1.05. The van der Waals surface area contributed by atoms with Gasteiger partial charge in [0, 0.05) is 13.1 Å². The summed E-state index contributed by atoms with van der Waals surface area (Å²) in [7, 11) is 0. The van der Waals surface area contributed by atoms with Crippen molar-refractivity contribution >= 4 is 17.8 Å². The summed E-state index contributed by atoms with van der Waals surface area (Å²) in [6, 6.07) is 7.91. The summed E-state index contributed by atoms with van der Waals surface area (Å²) >= 11 is 0.